The molecule has 0 aromatic heterocycles. The van der Waals surface area contributed by atoms with Crippen LogP contribution in [0.2, 0.25) is 0 Å². The molecule has 1 aromatic rings. The number of rotatable bonds is 0. The minimum atomic E-state index is -0.570. The van der Waals surface area contributed by atoms with Crippen LogP contribution in [-0.4, -0.2) is 41.1 Å². The van der Waals surface area contributed by atoms with Gasteiger partial charge in [0.15, 0.2) is 0 Å². The van der Waals surface area contributed by atoms with Crippen molar-refractivity contribution in [2.45, 2.75) is 6.10 Å². The maximum Gasteiger partial charge on any atom is 0.327 e. The molecule has 1 atom stereocenters. The Hall–Kier alpha value is -1.88. The highest BCUT2D eigenvalue weighted by atomic mass is 16.3. The van der Waals surface area contributed by atoms with Crippen molar-refractivity contribution in [3.05, 3.63) is 29.8 Å². The number of aliphatic imine (C=N–C) groups is 1. The number of amides is 2. The van der Waals surface area contributed by atoms with Gasteiger partial charge in [0, 0.05) is 5.56 Å². The molecule has 0 saturated heterocycles. The Morgan fingerprint density at radius 2 is 2.25 bits per heavy atom. The normalized spacial score (nSPS) is 23.1. The molecular formula is C11H11N3O2. The van der Waals surface area contributed by atoms with E-state index in [1.165, 1.54) is 4.90 Å². The fourth-order valence-corrected chi connectivity index (χ4v) is 2.01. The number of nitrogens with zero attached hydrogens (tertiary/aromatic N) is 2. The summed E-state index contributed by atoms with van der Waals surface area (Å²) in [6.07, 6.45) is -0.570. The number of fused-ring (bicyclic) bond motifs is 3. The lowest BCUT2D eigenvalue weighted by Crippen LogP contribution is -2.51. The number of amidine groups is 1. The Bertz CT molecular complexity index is 484. The quantitative estimate of drug-likeness (QED) is 0.670. The molecule has 0 saturated carbocycles. The largest absolute Gasteiger partial charge is 0.389 e. The molecule has 16 heavy (non-hydrogen) atoms. The molecule has 0 aliphatic carbocycles. The molecule has 2 aliphatic heterocycles. The number of benzene rings is 1. The molecule has 2 amide bonds. The molecule has 2 heterocycles. The van der Waals surface area contributed by atoms with Crippen LogP contribution in [0.15, 0.2) is 29.3 Å². The Kier molecular flexibility index (Phi) is 1.94. The molecule has 2 aliphatic rings. The van der Waals surface area contributed by atoms with Gasteiger partial charge in [0.2, 0.25) is 0 Å². The van der Waals surface area contributed by atoms with Crippen molar-refractivity contribution in [1.29, 1.82) is 0 Å². The number of urea groups is 1. The summed E-state index contributed by atoms with van der Waals surface area (Å²) >= 11 is 0. The van der Waals surface area contributed by atoms with Crippen molar-refractivity contribution >= 4 is 17.6 Å². The number of hydrogen-bond donors (Lipinski definition) is 2. The molecule has 3 rings (SSSR count). The number of hydrogen-bond acceptors (Lipinski definition) is 3. The lowest BCUT2D eigenvalue weighted by Gasteiger charge is -2.34. The highest BCUT2D eigenvalue weighted by Gasteiger charge is 2.32. The zero-order valence-corrected chi connectivity index (χ0v) is 8.55. The van der Waals surface area contributed by atoms with E-state index in [1.54, 1.807) is 0 Å². The maximum absolute atomic E-state index is 11.8. The molecule has 1 unspecified atom stereocenters. The van der Waals surface area contributed by atoms with E-state index in [2.05, 4.69) is 10.3 Å². The standard InChI is InChI=1S/C11H11N3O2/c15-7-5-12-10-8-3-1-2-4-9(8)13-11(16)14(10)6-7/h1-4,7,15H,5-6H2,(H,13,16). The summed E-state index contributed by atoms with van der Waals surface area (Å²) in [5.41, 5.74) is 1.69. The van der Waals surface area contributed by atoms with Gasteiger partial charge in [-0.3, -0.25) is 9.89 Å². The van der Waals surface area contributed by atoms with Gasteiger partial charge in [-0.2, -0.15) is 0 Å². The predicted molar refractivity (Wildman–Crippen MR) is 59.6 cm³/mol. The summed E-state index contributed by atoms with van der Waals surface area (Å²) in [5, 5.41) is 12.3. The van der Waals surface area contributed by atoms with Crippen LogP contribution >= 0.6 is 0 Å². The second-order valence-corrected chi connectivity index (χ2v) is 3.90. The zero-order chi connectivity index (χ0) is 11.1. The number of aliphatic hydroxyl groups is 1. The van der Waals surface area contributed by atoms with E-state index in [0.717, 1.165) is 11.3 Å². The average molecular weight is 217 g/mol. The lowest BCUT2D eigenvalue weighted by molar-refractivity contribution is 0.145. The third kappa shape index (κ3) is 1.29. The van der Waals surface area contributed by atoms with Crippen LogP contribution < -0.4 is 5.32 Å². The van der Waals surface area contributed by atoms with Crippen LogP contribution in [0.3, 0.4) is 0 Å². The highest BCUT2D eigenvalue weighted by molar-refractivity contribution is 6.18. The number of carbonyl (C=O) groups excluding carboxylic acids is 1. The van der Waals surface area contributed by atoms with Gasteiger partial charge in [0.1, 0.15) is 5.84 Å². The number of aliphatic hydroxyl groups excluding tert-OH is 1. The number of anilines is 1. The van der Waals surface area contributed by atoms with E-state index in [-0.39, 0.29) is 6.03 Å². The van der Waals surface area contributed by atoms with Crippen LogP contribution in [-0.2, 0) is 0 Å². The fourth-order valence-electron chi connectivity index (χ4n) is 2.01. The van der Waals surface area contributed by atoms with Crippen LogP contribution in [0.25, 0.3) is 0 Å². The van der Waals surface area contributed by atoms with E-state index in [4.69, 9.17) is 0 Å². The number of carbonyl (C=O) groups is 1. The summed E-state index contributed by atoms with van der Waals surface area (Å²) in [6.45, 7) is 0.659. The second kappa shape index (κ2) is 3.31. The lowest BCUT2D eigenvalue weighted by atomic mass is 10.1. The molecule has 82 valence electrons. The van der Waals surface area contributed by atoms with Gasteiger partial charge in [-0.15, -0.1) is 0 Å². The van der Waals surface area contributed by atoms with Gasteiger partial charge in [-0.25, -0.2) is 4.79 Å². The molecule has 5 nitrogen and oxygen atoms in total. The van der Waals surface area contributed by atoms with Gasteiger partial charge in [-0.1, -0.05) is 12.1 Å². The highest BCUT2D eigenvalue weighted by Crippen LogP contribution is 2.25. The van der Waals surface area contributed by atoms with E-state index in [0.29, 0.717) is 18.9 Å². The molecule has 5 heteroatoms. The molecule has 0 radical (unpaired) electrons. The first-order valence-corrected chi connectivity index (χ1v) is 5.16. The molecule has 1 aromatic carbocycles. The first kappa shape index (κ1) is 9.35. The zero-order valence-electron chi connectivity index (χ0n) is 8.55. The number of para-hydroxylation sites is 1. The van der Waals surface area contributed by atoms with E-state index < -0.39 is 6.10 Å². The predicted octanol–water partition coefficient (Wildman–Crippen LogP) is 0.655. The monoisotopic (exact) mass is 217 g/mol. The van der Waals surface area contributed by atoms with Crippen molar-refractivity contribution < 1.29 is 9.90 Å². The summed E-state index contributed by atoms with van der Waals surface area (Å²) in [5.74, 6) is 0.657. The molecule has 0 bridgehead atoms. The van der Waals surface area contributed by atoms with Crippen LogP contribution in [0.5, 0.6) is 0 Å². The number of nitrogens with one attached hydrogen (secondary N) is 1. The van der Waals surface area contributed by atoms with Gasteiger partial charge in [0.25, 0.3) is 0 Å². The van der Waals surface area contributed by atoms with Gasteiger partial charge < -0.3 is 10.4 Å². The van der Waals surface area contributed by atoms with Crippen molar-refractivity contribution in [2.75, 3.05) is 18.4 Å². The first-order chi connectivity index (χ1) is 7.75. The SMILES string of the molecule is O=C1Nc2ccccc2C2=NCC(O)CN12. The van der Waals surface area contributed by atoms with Crippen LogP contribution in [0.1, 0.15) is 5.56 Å². The van der Waals surface area contributed by atoms with Crippen molar-refractivity contribution in [3.63, 3.8) is 0 Å². The van der Waals surface area contributed by atoms with Crippen molar-refractivity contribution in [3.8, 4) is 0 Å². The summed E-state index contributed by atoms with van der Waals surface area (Å²) in [4.78, 5) is 17.5. The smallest absolute Gasteiger partial charge is 0.327 e. The fraction of sp³-hybridized carbons (Fsp3) is 0.273. The maximum atomic E-state index is 11.8. The average Bonchev–Trinajstić information content (AvgIpc) is 2.29. The summed E-state index contributed by atoms with van der Waals surface area (Å²) < 4.78 is 0. The Labute approximate surface area is 92.4 Å². The Morgan fingerprint density at radius 1 is 1.44 bits per heavy atom. The van der Waals surface area contributed by atoms with Gasteiger partial charge >= 0.3 is 6.03 Å². The van der Waals surface area contributed by atoms with Crippen molar-refractivity contribution in [2.24, 2.45) is 4.99 Å². The molecule has 2 N–H and O–H groups in total. The first-order valence-electron chi connectivity index (χ1n) is 5.16. The molecular weight excluding hydrogens is 206 g/mol. The van der Waals surface area contributed by atoms with Crippen LogP contribution in [0.4, 0.5) is 10.5 Å². The van der Waals surface area contributed by atoms with E-state index >= 15 is 0 Å². The topological polar surface area (TPSA) is 64.9 Å². The molecule has 0 spiro atoms. The minimum absolute atomic E-state index is 0.226. The van der Waals surface area contributed by atoms with E-state index in [9.17, 15) is 9.90 Å². The second-order valence-electron chi connectivity index (χ2n) is 3.90. The van der Waals surface area contributed by atoms with Gasteiger partial charge in [0.05, 0.1) is 24.9 Å². The van der Waals surface area contributed by atoms with Crippen LogP contribution in [0, 0.1) is 0 Å². The van der Waals surface area contributed by atoms with Gasteiger partial charge in [-0.05, 0) is 12.1 Å². The Morgan fingerprint density at radius 3 is 3.12 bits per heavy atom. The third-order valence-electron chi connectivity index (χ3n) is 2.76. The van der Waals surface area contributed by atoms with E-state index in [1.807, 2.05) is 24.3 Å². The third-order valence-corrected chi connectivity index (χ3v) is 2.76. The Balaban J connectivity index is 2.13. The summed E-state index contributed by atoms with van der Waals surface area (Å²) in [6, 6.07) is 7.31. The minimum Gasteiger partial charge on any atom is -0.389 e. The summed E-state index contributed by atoms with van der Waals surface area (Å²) in [7, 11) is 0. The molecule has 0 fully saturated rings. The van der Waals surface area contributed by atoms with Crippen molar-refractivity contribution in [1.82, 2.24) is 4.90 Å².